The normalized spacial score (nSPS) is 11.4. The van der Waals surface area contributed by atoms with E-state index < -0.39 is 0 Å². The molecule has 0 aliphatic carbocycles. The van der Waals surface area contributed by atoms with Crippen molar-refractivity contribution in [3.05, 3.63) is 78.9 Å². The van der Waals surface area contributed by atoms with Crippen molar-refractivity contribution in [2.45, 2.75) is 13.0 Å². The molecule has 0 saturated heterocycles. The molecule has 0 bridgehead atoms. The topological polar surface area (TPSA) is 49.0 Å². The minimum Gasteiger partial charge on any atom is -0.493 e. The van der Waals surface area contributed by atoms with Gasteiger partial charge in [-0.3, -0.25) is 0 Å². The van der Waals surface area contributed by atoms with E-state index in [1.165, 1.54) is 0 Å². The number of nitrogens with one attached hydrogen (secondary N) is 1. The first kappa shape index (κ1) is 20.4. The number of methoxy groups -OCH3 is 1. The summed E-state index contributed by atoms with van der Waals surface area (Å²) in [6.07, 6.45) is -0.0163. The van der Waals surface area contributed by atoms with Gasteiger partial charge in [0.15, 0.2) is 11.5 Å². The van der Waals surface area contributed by atoms with Crippen molar-refractivity contribution in [3.63, 3.8) is 0 Å². The number of rotatable bonds is 11. The van der Waals surface area contributed by atoms with Crippen LogP contribution in [0.25, 0.3) is 0 Å². The lowest BCUT2D eigenvalue weighted by molar-refractivity contribution is 0.217. The van der Waals surface area contributed by atoms with Gasteiger partial charge in [0.05, 0.1) is 13.7 Å². The van der Waals surface area contributed by atoms with Crippen LogP contribution in [0.2, 0.25) is 0 Å². The summed E-state index contributed by atoms with van der Waals surface area (Å²) in [7, 11) is 1.64. The van der Waals surface area contributed by atoms with Crippen molar-refractivity contribution in [2.75, 3.05) is 32.2 Å². The standard InChI is InChI=1S/C24H27NO4/c1-19(29-24-11-7-6-10-23(24)26-2)18-25-20-12-14-22(15-13-20)28-17-16-27-21-8-4-3-5-9-21/h3-15,19,25H,16-18H2,1-2H3. The number of hydrogen-bond donors (Lipinski definition) is 1. The molecule has 29 heavy (non-hydrogen) atoms. The Kier molecular flexibility index (Phi) is 7.63. The van der Waals surface area contributed by atoms with E-state index in [9.17, 15) is 0 Å². The van der Waals surface area contributed by atoms with Crippen LogP contribution < -0.4 is 24.3 Å². The maximum atomic E-state index is 5.96. The molecular formula is C24H27NO4. The Morgan fingerprint density at radius 3 is 1.97 bits per heavy atom. The molecule has 1 unspecified atom stereocenters. The highest BCUT2D eigenvalue weighted by atomic mass is 16.5. The van der Waals surface area contributed by atoms with Gasteiger partial charge in [0.2, 0.25) is 0 Å². The number of ether oxygens (including phenoxy) is 4. The minimum absolute atomic E-state index is 0.0163. The van der Waals surface area contributed by atoms with E-state index in [0.29, 0.717) is 19.8 Å². The molecule has 0 amide bonds. The molecule has 0 radical (unpaired) electrons. The summed E-state index contributed by atoms with van der Waals surface area (Å²) >= 11 is 0. The summed E-state index contributed by atoms with van der Waals surface area (Å²) in [6.45, 7) is 3.68. The van der Waals surface area contributed by atoms with Gasteiger partial charge >= 0.3 is 0 Å². The third kappa shape index (κ3) is 6.64. The first-order valence-electron chi connectivity index (χ1n) is 9.69. The highest BCUT2D eigenvalue weighted by molar-refractivity contribution is 5.46. The van der Waals surface area contributed by atoms with Crippen LogP contribution in [0.5, 0.6) is 23.0 Å². The molecular weight excluding hydrogens is 366 g/mol. The van der Waals surface area contributed by atoms with E-state index >= 15 is 0 Å². The fourth-order valence-electron chi connectivity index (χ4n) is 2.74. The monoisotopic (exact) mass is 393 g/mol. The van der Waals surface area contributed by atoms with Gasteiger partial charge in [-0.05, 0) is 55.5 Å². The molecule has 0 aromatic heterocycles. The summed E-state index contributed by atoms with van der Waals surface area (Å²) in [5, 5.41) is 3.37. The molecule has 1 atom stereocenters. The van der Waals surface area contributed by atoms with Crippen LogP contribution in [0, 0.1) is 0 Å². The molecule has 5 heteroatoms. The summed E-state index contributed by atoms with van der Waals surface area (Å²) in [4.78, 5) is 0. The van der Waals surface area contributed by atoms with Gasteiger partial charge < -0.3 is 24.3 Å². The largest absolute Gasteiger partial charge is 0.493 e. The zero-order valence-corrected chi connectivity index (χ0v) is 16.8. The van der Waals surface area contributed by atoms with Gasteiger partial charge in [-0.15, -0.1) is 0 Å². The van der Waals surface area contributed by atoms with E-state index in [-0.39, 0.29) is 6.10 Å². The number of anilines is 1. The zero-order valence-electron chi connectivity index (χ0n) is 16.8. The number of hydrogen-bond acceptors (Lipinski definition) is 5. The molecule has 3 aromatic rings. The lowest BCUT2D eigenvalue weighted by Crippen LogP contribution is -2.22. The molecule has 0 fully saturated rings. The van der Waals surface area contributed by atoms with Gasteiger partial charge in [-0.2, -0.15) is 0 Å². The van der Waals surface area contributed by atoms with Crippen LogP contribution >= 0.6 is 0 Å². The SMILES string of the molecule is COc1ccccc1OC(C)CNc1ccc(OCCOc2ccccc2)cc1. The molecule has 0 aliphatic heterocycles. The average Bonchev–Trinajstić information content (AvgIpc) is 2.77. The molecule has 1 N–H and O–H groups in total. The van der Waals surface area contributed by atoms with Crippen LogP contribution in [-0.2, 0) is 0 Å². The van der Waals surface area contributed by atoms with Crippen LogP contribution in [0.4, 0.5) is 5.69 Å². The van der Waals surface area contributed by atoms with Crippen molar-refractivity contribution in [2.24, 2.45) is 0 Å². The van der Waals surface area contributed by atoms with E-state index in [2.05, 4.69) is 5.32 Å². The van der Waals surface area contributed by atoms with E-state index in [0.717, 1.165) is 28.7 Å². The van der Waals surface area contributed by atoms with Gasteiger partial charge in [-0.25, -0.2) is 0 Å². The Hall–Kier alpha value is -3.34. The molecule has 0 saturated carbocycles. The molecule has 0 heterocycles. The smallest absolute Gasteiger partial charge is 0.161 e. The van der Waals surface area contributed by atoms with Crippen molar-refractivity contribution < 1.29 is 18.9 Å². The first-order chi connectivity index (χ1) is 14.2. The molecule has 5 nitrogen and oxygen atoms in total. The van der Waals surface area contributed by atoms with Gasteiger partial charge in [0.1, 0.15) is 30.8 Å². The third-order valence-electron chi connectivity index (χ3n) is 4.21. The summed E-state index contributed by atoms with van der Waals surface area (Å²) in [5.74, 6) is 3.13. The molecule has 3 aromatic carbocycles. The minimum atomic E-state index is -0.0163. The maximum Gasteiger partial charge on any atom is 0.161 e. The predicted octanol–water partition coefficient (Wildman–Crippen LogP) is 5.03. The fraction of sp³-hybridized carbons (Fsp3) is 0.250. The average molecular weight is 393 g/mol. The van der Waals surface area contributed by atoms with Crippen molar-refractivity contribution >= 4 is 5.69 Å². The van der Waals surface area contributed by atoms with Crippen LogP contribution in [0.15, 0.2) is 78.9 Å². The molecule has 3 rings (SSSR count). The summed E-state index contributed by atoms with van der Waals surface area (Å²) in [5.41, 5.74) is 1.01. The third-order valence-corrected chi connectivity index (χ3v) is 4.21. The zero-order chi connectivity index (χ0) is 20.3. The molecule has 0 spiro atoms. The van der Waals surface area contributed by atoms with E-state index in [4.69, 9.17) is 18.9 Å². The highest BCUT2D eigenvalue weighted by Crippen LogP contribution is 2.26. The lowest BCUT2D eigenvalue weighted by Gasteiger charge is -2.18. The quantitative estimate of drug-likeness (QED) is 0.463. The lowest BCUT2D eigenvalue weighted by atomic mass is 10.3. The Balaban J connectivity index is 1.38. The Morgan fingerprint density at radius 2 is 1.31 bits per heavy atom. The molecule has 152 valence electrons. The van der Waals surface area contributed by atoms with Crippen molar-refractivity contribution in [1.29, 1.82) is 0 Å². The van der Waals surface area contributed by atoms with Gasteiger partial charge in [0.25, 0.3) is 0 Å². The Bertz CT molecular complexity index is 852. The van der Waals surface area contributed by atoms with Gasteiger partial charge in [0, 0.05) is 5.69 Å². The fourth-order valence-corrected chi connectivity index (χ4v) is 2.74. The van der Waals surface area contributed by atoms with Crippen molar-refractivity contribution in [1.82, 2.24) is 0 Å². The second-order valence-corrected chi connectivity index (χ2v) is 6.49. The maximum absolute atomic E-state index is 5.96. The predicted molar refractivity (Wildman–Crippen MR) is 115 cm³/mol. The first-order valence-corrected chi connectivity index (χ1v) is 9.69. The second-order valence-electron chi connectivity index (χ2n) is 6.49. The van der Waals surface area contributed by atoms with Crippen molar-refractivity contribution in [3.8, 4) is 23.0 Å². The van der Waals surface area contributed by atoms with Gasteiger partial charge in [-0.1, -0.05) is 30.3 Å². The highest BCUT2D eigenvalue weighted by Gasteiger charge is 2.08. The van der Waals surface area contributed by atoms with E-state index in [1.807, 2.05) is 85.8 Å². The summed E-state index contributed by atoms with van der Waals surface area (Å²) in [6, 6.07) is 25.2. The van der Waals surface area contributed by atoms with Crippen LogP contribution in [-0.4, -0.2) is 33.0 Å². The molecule has 0 aliphatic rings. The summed E-state index contributed by atoms with van der Waals surface area (Å²) < 4.78 is 22.6. The Labute approximate surface area is 172 Å². The van der Waals surface area contributed by atoms with E-state index in [1.54, 1.807) is 7.11 Å². The Morgan fingerprint density at radius 1 is 0.724 bits per heavy atom. The van der Waals surface area contributed by atoms with Crippen LogP contribution in [0.1, 0.15) is 6.92 Å². The second kappa shape index (κ2) is 10.9. The van der Waals surface area contributed by atoms with Crippen LogP contribution in [0.3, 0.4) is 0 Å². The number of para-hydroxylation sites is 3. The number of benzene rings is 3.